The number of hydrogen-bond donors (Lipinski definition) is 2. The number of carbonyl (C=O) groups is 2. The largest absolute Gasteiger partial charge is 0.480 e. The van der Waals surface area contributed by atoms with E-state index in [1.54, 1.807) is 4.57 Å². The Morgan fingerprint density at radius 2 is 1.95 bits per heavy atom. The smallest absolute Gasteiger partial charge is 0.326 e. The van der Waals surface area contributed by atoms with Crippen LogP contribution in [0.15, 0.2) is 4.79 Å². The van der Waals surface area contributed by atoms with Crippen molar-refractivity contribution in [2.24, 2.45) is 5.92 Å². The van der Waals surface area contributed by atoms with Crippen molar-refractivity contribution >= 4 is 23.2 Å². The van der Waals surface area contributed by atoms with Crippen LogP contribution in [0.4, 0.5) is 0 Å². The fourth-order valence-electron chi connectivity index (χ4n) is 2.02. The van der Waals surface area contributed by atoms with E-state index in [9.17, 15) is 14.4 Å². The van der Waals surface area contributed by atoms with Crippen LogP contribution >= 0.6 is 11.3 Å². The van der Waals surface area contributed by atoms with Gasteiger partial charge >= 0.3 is 10.8 Å². The Bertz CT molecular complexity index is 574. The lowest BCUT2D eigenvalue weighted by Gasteiger charge is -2.16. The average Bonchev–Trinajstić information content (AvgIpc) is 2.60. The molecule has 6 nitrogen and oxygen atoms in total. The molecule has 0 bridgehead atoms. The second-order valence-electron chi connectivity index (χ2n) is 5.50. The highest BCUT2D eigenvalue weighted by Crippen LogP contribution is 2.10. The van der Waals surface area contributed by atoms with Crippen molar-refractivity contribution in [3.63, 3.8) is 0 Å². The molecule has 0 aliphatic heterocycles. The molecular formula is C14H22N2O4S. The van der Waals surface area contributed by atoms with Gasteiger partial charge in [-0.3, -0.25) is 9.59 Å². The van der Waals surface area contributed by atoms with Crippen LogP contribution in [0, 0.1) is 19.8 Å². The molecule has 0 saturated carbocycles. The first-order valence-electron chi connectivity index (χ1n) is 6.91. The molecule has 1 aromatic heterocycles. The number of nitrogens with one attached hydrogen (secondary N) is 1. The van der Waals surface area contributed by atoms with E-state index in [0.717, 1.165) is 21.9 Å². The van der Waals surface area contributed by atoms with Gasteiger partial charge in [0.1, 0.15) is 6.04 Å². The van der Waals surface area contributed by atoms with Crippen LogP contribution in [-0.2, 0) is 16.1 Å². The maximum atomic E-state index is 11.9. The highest BCUT2D eigenvalue weighted by atomic mass is 32.1. The number of nitrogens with zero attached hydrogens (tertiary/aromatic N) is 1. The van der Waals surface area contributed by atoms with Crippen molar-refractivity contribution in [3.8, 4) is 0 Å². The van der Waals surface area contributed by atoms with E-state index >= 15 is 0 Å². The summed E-state index contributed by atoms with van der Waals surface area (Å²) in [5.74, 6) is -1.20. The fourth-order valence-corrected chi connectivity index (χ4v) is 2.88. The Hall–Kier alpha value is -1.63. The van der Waals surface area contributed by atoms with E-state index in [0.29, 0.717) is 6.42 Å². The third-order valence-electron chi connectivity index (χ3n) is 3.28. The number of carboxylic acids is 1. The number of aliphatic carboxylic acids is 1. The van der Waals surface area contributed by atoms with Gasteiger partial charge in [-0.2, -0.15) is 0 Å². The molecule has 0 aromatic carbocycles. The first-order chi connectivity index (χ1) is 9.72. The van der Waals surface area contributed by atoms with Gasteiger partial charge in [-0.1, -0.05) is 25.2 Å². The molecule has 0 unspecified atom stereocenters. The van der Waals surface area contributed by atoms with E-state index in [1.165, 1.54) is 0 Å². The zero-order chi connectivity index (χ0) is 16.2. The molecule has 7 heteroatoms. The highest BCUT2D eigenvalue weighted by Gasteiger charge is 2.21. The standard InChI is InChI=1S/C14H22N2O4S/c1-8(2)7-11(13(18)19)15-12(17)5-6-16-9(3)10(4)21-14(16)20/h8,11H,5-7H2,1-4H3,(H,15,17)(H,18,19)/t11-/m0/s1. The molecule has 1 heterocycles. The van der Waals surface area contributed by atoms with Crippen molar-refractivity contribution in [1.82, 2.24) is 9.88 Å². The van der Waals surface area contributed by atoms with E-state index in [-0.39, 0.29) is 29.7 Å². The minimum Gasteiger partial charge on any atom is -0.480 e. The summed E-state index contributed by atoms with van der Waals surface area (Å²) in [5.41, 5.74) is 0.856. The number of thiazole rings is 1. The summed E-state index contributed by atoms with van der Waals surface area (Å²) >= 11 is 1.16. The van der Waals surface area contributed by atoms with Gasteiger partial charge in [-0.25, -0.2) is 4.79 Å². The number of carboxylic acid groups (broad SMARTS) is 1. The maximum Gasteiger partial charge on any atom is 0.326 e. The van der Waals surface area contributed by atoms with Gasteiger partial charge in [0.2, 0.25) is 5.91 Å². The molecule has 1 amide bonds. The molecule has 0 spiro atoms. The number of amides is 1. The lowest BCUT2D eigenvalue weighted by molar-refractivity contribution is -0.142. The van der Waals surface area contributed by atoms with Crippen molar-refractivity contribution in [2.45, 2.75) is 53.1 Å². The van der Waals surface area contributed by atoms with Crippen LogP contribution in [0.25, 0.3) is 0 Å². The first-order valence-corrected chi connectivity index (χ1v) is 7.73. The van der Waals surface area contributed by atoms with E-state index in [4.69, 9.17) is 5.11 Å². The molecule has 0 fully saturated rings. The molecule has 1 atom stereocenters. The van der Waals surface area contributed by atoms with Gasteiger partial charge < -0.3 is 15.0 Å². The lowest BCUT2D eigenvalue weighted by atomic mass is 10.0. The monoisotopic (exact) mass is 314 g/mol. The van der Waals surface area contributed by atoms with Gasteiger partial charge in [-0.15, -0.1) is 0 Å². The van der Waals surface area contributed by atoms with Crippen LogP contribution in [-0.4, -0.2) is 27.6 Å². The number of aryl methyl sites for hydroxylation is 1. The zero-order valence-electron chi connectivity index (χ0n) is 12.8. The fraction of sp³-hybridized carbons (Fsp3) is 0.643. The van der Waals surface area contributed by atoms with E-state index < -0.39 is 12.0 Å². The van der Waals surface area contributed by atoms with Crippen molar-refractivity contribution < 1.29 is 14.7 Å². The summed E-state index contributed by atoms with van der Waals surface area (Å²) in [5, 5.41) is 11.6. The summed E-state index contributed by atoms with van der Waals surface area (Å²) in [6.45, 7) is 7.78. The molecule has 21 heavy (non-hydrogen) atoms. The normalized spacial score (nSPS) is 12.4. The van der Waals surface area contributed by atoms with E-state index in [2.05, 4.69) is 5.32 Å². The molecule has 1 rings (SSSR count). The van der Waals surface area contributed by atoms with Gasteiger partial charge in [0, 0.05) is 23.5 Å². The Morgan fingerprint density at radius 3 is 2.38 bits per heavy atom. The number of rotatable bonds is 7. The highest BCUT2D eigenvalue weighted by molar-refractivity contribution is 7.09. The SMILES string of the molecule is Cc1sc(=O)n(CCC(=O)N[C@@H](CC(C)C)C(=O)O)c1C. The predicted molar refractivity (Wildman–Crippen MR) is 81.7 cm³/mol. The molecule has 0 radical (unpaired) electrons. The summed E-state index contributed by atoms with van der Waals surface area (Å²) in [7, 11) is 0. The van der Waals surface area contributed by atoms with Gasteiger partial charge in [0.25, 0.3) is 0 Å². The number of aromatic nitrogens is 1. The summed E-state index contributed by atoms with van der Waals surface area (Å²) < 4.78 is 1.55. The molecule has 0 saturated heterocycles. The van der Waals surface area contributed by atoms with Crippen LogP contribution < -0.4 is 10.2 Å². The van der Waals surface area contributed by atoms with Crippen LogP contribution in [0.5, 0.6) is 0 Å². The number of hydrogen-bond acceptors (Lipinski definition) is 4. The second kappa shape index (κ2) is 7.40. The second-order valence-corrected chi connectivity index (χ2v) is 6.66. The molecule has 2 N–H and O–H groups in total. The molecule has 1 aromatic rings. The van der Waals surface area contributed by atoms with Crippen molar-refractivity contribution in [2.75, 3.05) is 0 Å². The van der Waals surface area contributed by atoms with Crippen LogP contribution in [0.1, 0.15) is 37.3 Å². The molecule has 118 valence electrons. The Balaban J connectivity index is 2.61. The minimum absolute atomic E-state index is 0.0882. The number of carbonyl (C=O) groups excluding carboxylic acids is 1. The average molecular weight is 314 g/mol. The van der Waals surface area contributed by atoms with Gasteiger partial charge in [0.15, 0.2) is 0 Å². The molecule has 0 aliphatic carbocycles. The Labute approximate surface area is 127 Å². The van der Waals surface area contributed by atoms with Gasteiger partial charge in [0.05, 0.1) is 0 Å². The van der Waals surface area contributed by atoms with Crippen LogP contribution in [0.2, 0.25) is 0 Å². The van der Waals surface area contributed by atoms with Gasteiger partial charge in [-0.05, 0) is 26.2 Å². The third kappa shape index (κ3) is 5.00. The van der Waals surface area contributed by atoms with E-state index in [1.807, 2.05) is 27.7 Å². The molecular weight excluding hydrogens is 292 g/mol. The summed E-state index contributed by atoms with van der Waals surface area (Å²) in [6, 6.07) is -0.875. The third-order valence-corrected chi connectivity index (χ3v) is 4.27. The summed E-state index contributed by atoms with van der Waals surface area (Å²) in [4.78, 5) is 35.5. The minimum atomic E-state index is -1.03. The Kier molecular flexibility index (Phi) is 6.14. The summed E-state index contributed by atoms with van der Waals surface area (Å²) in [6.07, 6.45) is 0.483. The Morgan fingerprint density at radius 1 is 1.33 bits per heavy atom. The van der Waals surface area contributed by atoms with Crippen molar-refractivity contribution in [3.05, 3.63) is 20.2 Å². The first kappa shape index (κ1) is 17.4. The maximum absolute atomic E-state index is 11.9. The van der Waals surface area contributed by atoms with Crippen molar-refractivity contribution in [1.29, 1.82) is 0 Å². The zero-order valence-corrected chi connectivity index (χ0v) is 13.6. The lowest BCUT2D eigenvalue weighted by Crippen LogP contribution is -2.42. The predicted octanol–water partition coefficient (Wildman–Crippen LogP) is 1.53. The molecule has 0 aliphatic rings. The van der Waals surface area contributed by atoms with Crippen LogP contribution in [0.3, 0.4) is 0 Å². The quantitative estimate of drug-likeness (QED) is 0.799. The topological polar surface area (TPSA) is 88.4 Å².